The summed E-state index contributed by atoms with van der Waals surface area (Å²) in [5, 5.41) is 0. The van der Waals surface area contributed by atoms with Crippen molar-refractivity contribution < 1.29 is 23.4 Å². The lowest BCUT2D eigenvalue weighted by atomic mass is 9.96. The normalized spacial score (nSPS) is 17.5. The van der Waals surface area contributed by atoms with Crippen LogP contribution in [0, 0.1) is 11.7 Å². The first-order valence-corrected chi connectivity index (χ1v) is 11.5. The van der Waals surface area contributed by atoms with Gasteiger partial charge in [0.15, 0.2) is 0 Å². The van der Waals surface area contributed by atoms with Crippen LogP contribution in [-0.4, -0.2) is 25.2 Å². The molecule has 1 fully saturated rings. The highest BCUT2D eigenvalue weighted by atomic mass is 19.1. The second kappa shape index (κ2) is 9.29. The fraction of sp³-hybridized carbons (Fsp3) is 0.286. The molecule has 0 radical (unpaired) electrons. The molecule has 1 aromatic heterocycles. The van der Waals surface area contributed by atoms with Crippen LogP contribution in [0.2, 0.25) is 0 Å². The van der Waals surface area contributed by atoms with Crippen LogP contribution in [0.3, 0.4) is 0 Å². The summed E-state index contributed by atoms with van der Waals surface area (Å²) in [6, 6.07) is 16.5. The molecule has 34 heavy (non-hydrogen) atoms. The fourth-order valence-electron chi connectivity index (χ4n) is 4.35. The number of carbonyl (C=O) groups excluding carboxylic acids is 1. The van der Waals surface area contributed by atoms with Gasteiger partial charge in [-0.2, -0.15) is 0 Å². The van der Waals surface area contributed by atoms with Crippen molar-refractivity contribution >= 4 is 11.5 Å². The number of ether oxygens (including phenoxy) is 3. The summed E-state index contributed by atoms with van der Waals surface area (Å²) in [7, 11) is 2.95. The summed E-state index contributed by atoms with van der Waals surface area (Å²) in [5.41, 5.74) is 5.01. The average Bonchev–Trinajstić information content (AvgIpc) is 3.72. The van der Waals surface area contributed by atoms with Crippen molar-refractivity contribution in [3.05, 3.63) is 83.3 Å². The van der Waals surface area contributed by atoms with Gasteiger partial charge >= 0.3 is 5.97 Å². The molecular weight excluding hydrogens is 433 g/mol. The number of methoxy groups -OCH3 is 2. The van der Waals surface area contributed by atoms with E-state index < -0.39 is 0 Å². The van der Waals surface area contributed by atoms with Gasteiger partial charge in [-0.05, 0) is 72.6 Å². The Morgan fingerprint density at radius 3 is 2.56 bits per heavy atom. The number of pyridine rings is 1. The van der Waals surface area contributed by atoms with Crippen LogP contribution in [0.5, 0.6) is 11.6 Å². The van der Waals surface area contributed by atoms with Crippen LogP contribution in [0.25, 0.3) is 16.7 Å². The second-order valence-electron chi connectivity index (χ2n) is 8.67. The molecule has 5 nitrogen and oxygen atoms in total. The maximum Gasteiger partial charge on any atom is 0.330 e. The highest BCUT2D eigenvalue weighted by Crippen LogP contribution is 2.43. The maximum atomic E-state index is 14.4. The summed E-state index contributed by atoms with van der Waals surface area (Å²) in [6.07, 6.45) is 5.17. The number of aromatic nitrogens is 1. The minimum Gasteiger partial charge on any atom is -0.497 e. The number of aryl methyl sites for hydroxylation is 1. The number of benzene rings is 2. The van der Waals surface area contributed by atoms with E-state index in [-0.39, 0.29) is 17.9 Å². The van der Waals surface area contributed by atoms with Crippen molar-refractivity contribution in [2.24, 2.45) is 5.92 Å². The van der Waals surface area contributed by atoms with E-state index in [1.165, 1.54) is 13.2 Å². The molecule has 1 aliphatic carbocycles. The predicted molar refractivity (Wildman–Crippen MR) is 127 cm³/mol. The molecule has 1 atom stereocenters. The summed E-state index contributed by atoms with van der Waals surface area (Å²) in [4.78, 5) is 16.6. The Kier molecular flexibility index (Phi) is 6.05. The number of nitrogens with zero attached hydrogens (tertiary/aromatic N) is 1. The molecule has 0 amide bonds. The van der Waals surface area contributed by atoms with Crippen LogP contribution >= 0.6 is 0 Å². The third kappa shape index (κ3) is 4.53. The molecule has 0 saturated heterocycles. The van der Waals surface area contributed by atoms with Gasteiger partial charge in [-0.1, -0.05) is 30.3 Å². The van der Waals surface area contributed by atoms with Gasteiger partial charge in [0.05, 0.1) is 19.9 Å². The number of carbonyl (C=O) groups is 1. The van der Waals surface area contributed by atoms with Gasteiger partial charge in [0, 0.05) is 17.2 Å². The zero-order valence-corrected chi connectivity index (χ0v) is 19.2. The molecule has 5 rings (SSSR count). The summed E-state index contributed by atoms with van der Waals surface area (Å²) >= 11 is 0. The summed E-state index contributed by atoms with van der Waals surface area (Å²) < 4.78 is 30.7. The number of esters is 1. The Hall–Kier alpha value is -3.67. The Balaban J connectivity index is 1.38. The summed E-state index contributed by atoms with van der Waals surface area (Å²) in [5.74, 6) is 0.899. The van der Waals surface area contributed by atoms with Crippen molar-refractivity contribution in [2.75, 3.05) is 14.2 Å². The minimum atomic E-state index is -0.368. The van der Waals surface area contributed by atoms with Gasteiger partial charge in [0.25, 0.3) is 0 Å². The molecule has 1 saturated carbocycles. The molecular formula is C28H26FNO4. The number of fused-ring (bicyclic) bond motifs is 1. The zero-order chi connectivity index (χ0) is 23.7. The topological polar surface area (TPSA) is 57.7 Å². The first-order valence-electron chi connectivity index (χ1n) is 11.5. The van der Waals surface area contributed by atoms with Gasteiger partial charge in [0.1, 0.15) is 17.7 Å². The van der Waals surface area contributed by atoms with E-state index in [1.54, 1.807) is 25.3 Å². The second-order valence-corrected chi connectivity index (χ2v) is 8.67. The highest BCUT2D eigenvalue weighted by molar-refractivity contribution is 5.91. The number of hydrogen-bond donors (Lipinski definition) is 0. The van der Waals surface area contributed by atoms with Gasteiger partial charge in [0.2, 0.25) is 5.88 Å². The largest absolute Gasteiger partial charge is 0.497 e. The van der Waals surface area contributed by atoms with E-state index in [2.05, 4.69) is 0 Å². The molecule has 0 spiro atoms. The maximum absolute atomic E-state index is 14.4. The van der Waals surface area contributed by atoms with Crippen molar-refractivity contribution in [1.82, 2.24) is 4.98 Å². The molecule has 0 N–H and O–H groups in total. The Morgan fingerprint density at radius 1 is 1.06 bits per heavy atom. The fourth-order valence-corrected chi connectivity index (χ4v) is 4.35. The Morgan fingerprint density at radius 2 is 1.85 bits per heavy atom. The van der Waals surface area contributed by atoms with Crippen molar-refractivity contribution in [3.63, 3.8) is 0 Å². The molecule has 1 aliphatic heterocycles. The lowest BCUT2D eigenvalue weighted by molar-refractivity contribution is -0.134. The van der Waals surface area contributed by atoms with E-state index in [4.69, 9.17) is 19.2 Å². The van der Waals surface area contributed by atoms with E-state index in [0.717, 1.165) is 53.6 Å². The number of rotatable bonds is 6. The van der Waals surface area contributed by atoms with Crippen LogP contribution in [0.1, 0.15) is 42.2 Å². The van der Waals surface area contributed by atoms with Crippen LogP contribution in [0.15, 0.2) is 60.7 Å². The van der Waals surface area contributed by atoms with E-state index in [1.807, 2.05) is 36.4 Å². The van der Waals surface area contributed by atoms with Crippen molar-refractivity contribution in [1.29, 1.82) is 0 Å². The van der Waals surface area contributed by atoms with Crippen molar-refractivity contribution in [3.8, 4) is 22.8 Å². The van der Waals surface area contributed by atoms with Gasteiger partial charge in [-0.15, -0.1) is 0 Å². The highest BCUT2D eigenvalue weighted by Gasteiger charge is 2.30. The lowest BCUT2D eigenvalue weighted by Gasteiger charge is -2.26. The molecule has 6 heteroatoms. The Labute approximate surface area is 198 Å². The first kappa shape index (κ1) is 22.1. The third-order valence-electron chi connectivity index (χ3n) is 6.42. The van der Waals surface area contributed by atoms with E-state index >= 15 is 0 Å². The van der Waals surface area contributed by atoms with Gasteiger partial charge in [-0.3, -0.25) is 0 Å². The standard InChI is InChI=1S/C28H26FNO4/c1-32-21-11-12-24(29)22(15-21)17-5-7-19(8-6-17)26-14-10-20-9-13-25(30-28(20)34-26)23(18-3-4-18)16-27(31)33-2/h5-9,11-13,15-16,18,26H,3-4,10,14H2,1-2H3. The molecule has 2 aromatic carbocycles. The Bertz CT molecular complexity index is 1250. The lowest BCUT2D eigenvalue weighted by Crippen LogP contribution is -2.17. The molecule has 174 valence electrons. The number of hydrogen-bond acceptors (Lipinski definition) is 5. The molecule has 3 aromatic rings. The predicted octanol–water partition coefficient (Wildman–Crippen LogP) is 5.93. The van der Waals surface area contributed by atoms with Crippen molar-refractivity contribution in [2.45, 2.75) is 31.8 Å². The van der Waals surface area contributed by atoms with Crippen LogP contribution in [-0.2, 0) is 16.0 Å². The molecule has 2 aliphatic rings. The zero-order valence-electron chi connectivity index (χ0n) is 19.2. The first-order chi connectivity index (χ1) is 16.6. The summed E-state index contributed by atoms with van der Waals surface area (Å²) in [6.45, 7) is 0. The monoisotopic (exact) mass is 459 g/mol. The molecule has 0 bridgehead atoms. The van der Waals surface area contributed by atoms with E-state index in [0.29, 0.717) is 23.1 Å². The molecule has 1 unspecified atom stereocenters. The quantitative estimate of drug-likeness (QED) is 0.338. The van der Waals surface area contributed by atoms with E-state index in [9.17, 15) is 9.18 Å². The third-order valence-corrected chi connectivity index (χ3v) is 6.42. The van der Waals surface area contributed by atoms with Gasteiger partial charge < -0.3 is 14.2 Å². The van der Waals surface area contributed by atoms with Crippen LogP contribution in [0.4, 0.5) is 4.39 Å². The minimum absolute atomic E-state index is 0.145. The number of allylic oxidation sites excluding steroid dienone is 1. The molecule has 2 heterocycles. The smallest absolute Gasteiger partial charge is 0.330 e. The van der Waals surface area contributed by atoms with Gasteiger partial charge in [-0.25, -0.2) is 14.2 Å². The average molecular weight is 460 g/mol. The van der Waals surface area contributed by atoms with Crippen LogP contribution < -0.4 is 9.47 Å². The number of halogens is 1. The SMILES string of the molecule is COC(=O)C=C(c1ccc2c(n1)OC(c1ccc(-c3cc(OC)ccc3F)cc1)CC2)C1CC1.